The third kappa shape index (κ3) is 3.68. The molecule has 0 saturated carbocycles. The highest BCUT2D eigenvalue weighted by atomic mass is 15.1. The monoisotopic (exact) mass is 252 g/mol. The Morgan fingerprint density at radius 2 is 1.89 bits per heavy atom. The predicted molar refractivity (Wildman–Crippen MR) is 83.2 cm³/mol. The fraction of sp³-hybridized carbons (Fsp3) is 0.235. The smallest absolute Gasteiger partial charge is 0.0864 e. The molecule has 0 aliphatic carbocycles. The average Bonchev–Trinajstić information content (AvgIpc) is 2.39. The zero-order valence-corrected chi connectivity index (χ0v) is 11.8. The van der Waals surface area contributed by atoms with E-state index in [1.165, 1.54) is 5.56 Å². The maximum Gasteiger partial charge on any atom is 0.0864 e. The molecular formula is C17H20N2. The Kier molecular flexibility index (Phi) is 4.35. The van der Waals surface area contributed by atoms with E-state index >= 15 is 0 Å². The third-order valence-electron chi connectivity index (χ3n) is 2.96. The summed E-state index contributed by atoms with van der Waals surface area (Å²) in [6, 6.07) is 8.49. The van der Waals surface area contributed by atoms with Gasteiger partial charge < -0.3 is 4.90 Å². The molecule has 0 aromatic heterocycles. The number of rotatable bonds is 3. The summed E-state index contributed by atoms with van der Waals surface area (Å²) in [4.78, 5) is 6.88. The zero-order chi connectivity index (χ0) is 13.7. The minimum Gasteiger partial charge on any atom is -0.373 e. The maximum atomic E-state index is 4.72. The van der Waals surface area contributed by atoms with Crippen molar-refractivity contribution in [3.05, 3.63) is 65.9 Å². The van der Waals surface area contributed by atoms with Crippen LogP contribution in [-0.4, -0.2) is 24.2 Å². The van der Waals surface area contributed by atoms with E-state index in [9.17, 15) is 0 Å². The predicted octanol–water partition coefficient (Wildman–Crippen LogP) is 3.81. The van der Waals surface area contributed by atoms with E-state index in [1.807, 2.05) is 25.2 Å². The molecule has 0 amide bonds. The molecule has 2 nitrogen and oxygen atoms in total. The van der Waals surface area contributed by atoms with E-state index < -0.39 is 0 Å². The first-order valence-corrected chi connectivity index (χ1v) is 6.55. The average molecular weight is 252 g/mol. The van der Waals surface area contributed by atoms with Crippen molar-refractivity contribution in [1.82, 2.24) is 4.90 Å². The summed E-state index contributed by atoms with van der Waals surface area (Å²) in [7, 11) is 2.08. The highest BCUT2D eigenvalue weighted by Crippen LogP contribution is 2.20. The standard InChI is InChI=1S/C17H20N2/c1-4-5-6-7-16-12-19(3)13-17(18-16)15-10-8-14(2)9-11-15/h4-11,13H,12H2,1-3H3/b5-4-,7-6-. The summed E-state index contributed by atoms with van der Waals surface area (Å²) in [6.45, 7) is 4.96. The van der Waals surface area contributed by atoms with Crippen molar-refractivity contribution in [3.63, 3.8) is 0 Å². The highest BCUT2D eigenvalue weighted by molar-refractivity contribution is 6.01. The number of allylic oxidation sites excluding steroid dienone is 3. The lowest BCUT2D eigenvalue weighted by molar-refractivity contribution is 0.521. The number of hydrogen-bond donors (Lipinski definition) is 0. The van der Waals surface area contributed by atoms with Crippen LogP contribution in [0.2, 0.25) is 0 Å². The van der Waals surface area contributed by atoms with Gasteiger partial charge in [0.2, 0.25) is 0 Å². The minimum atomic E-state index is 0.851. The van der Waals surface area contributed by atoms with E-state index in [2.05, 4.69) is 55.4 Å². The molecule has 0 N–H and O–H groups in total. The summed E-state index contributed by atoms with van der Waals surface area (Å²) < 4.78 is 0. The highest BCUT2D eigenvalue weighted by Gasteiger charge is 2.10. The number of benzene rings is 1. The molecule has 98 valence electrons. The Labute approximate surface area is 115 Å². The summed E-state index contributed by atoms with van der Waals surface area (Å²) >= 11 is 0. The molecule has 0 radical (unpaired) electrons. The fourth-order valence-corrected chi connectivity index (χ4v) is 1.96. The summed E-state index contributed by atoms with van der Waals surface area (Å²) in [5.74, 6) is 0. The van der Waals surface area contributed by atoms with Crippen LogP contribution in [0.1, 0.15) is 18.1 Å². The molecule has 1 aromatic carbocycles. The van der Waals surface area contributed by atoms with Crippen LogP contribution >= 0.6 is 0 Å². The number of nitrogens with zero attached hydrogens (tertiary/aromatic N) is 2. The summed E-state index contributed by atoms with van der Waals surface area (Å²) in [5, 5.41) is 0. The molecule has 1 aromatic rings. The SMILES string of the molecule is C/C=C\C=C/C1=NC(c2ccc(C)cc2)=CN(C)C1. The molecule has 0 fully saturated rings. The van der Waals surface area contributed by atoms with Gasteiger partial charge in [0.05, 0.1) is 18.0 Å². The van der Waals surface area contributed by atoms with Gasteiger partial charge in [-0.25, -0.2) is 4.99 Å². The van der Waals surface area contributed by atoms with Crippen molar-refractivity contribution in [2.45, 2.75) is 13.8 Å². The molecule has 19 heavy (non-hydrogen) atoms. The number of aliphatic imine (C=N–C) groups is 1. The Balaban J connectivity index is 2.26. The first-order chi connectivity index (χ1) is 9.19. The van der Waals surface area contributed by atoms with E-state index in [-0.39, 0.29) is 0 Å². The third-order valence-corrected chi connectivity index (χ3v) is 2.96. The van der Waals surface area contributed by atoms with Gasteiger partial charge in [-0.1, -0.05) is 48.1 Å². The van der Waals surface area contributed by atoms with Crippen molar-refractivity contribution in [2.24, 2.45) is 4.99 Å². The Hall–Kier alpha value is -2.09. The van der Waals surface area contributed by atoms with Gasteiger partial charge in [0.15, 0.2) is 0 Å². The fourth-order valence-electron chi connectivity index (χ4n) is 1.96. The van der Waals surface area contributed by atoms with Crippen LogP contribution in [0.3, 0.4) is 0 Å². The van der Waals surface area contributed by atoms with Crippen LogP contribution in [-0.2, 0) is 0 Å². The lowest BCUT2D eigenvalue weighted by Crippen LogP contribution is -2.23. The van der Waals surface area contributed by atoms with Gasteiger partial charge in [0.1, 0.15) is 0 Å². The zero-order valence-electron chi connectivity index (χ0n) is 11.8. The first kappa shape index (κ1) is 13.3. The summed E-state index contributed by atoms with van der Waals surface area (Å²) in [5.41, 5.74) is 4.53. The molecule has 1 aliphatic rings. The number of aryl methyl sites for hydroxylation is 1. The van der Waals surface area contributed by atoms with Crippen molar-refractivity contribution < 1.29 is 0 Å². The van der Waals surface area contributed by atoms with Gasteiger partial charge in [0, 0.05) is 18.8 Å². The molecule has 0 unspecified atom stereocenters. The molecular weight excluding hydrogens is 232 g/mol. The normalized spacial score (nSPS) is 16.1. The molecule has 0 atom stereocenters. The van der Waals surface area contributed by atoms with Gasteiger partial charge in [-0.2, -0.15) is 0 Å². The quantitative estimate of drug-likeness (QED) is 0.747. The van der Waals surface area contributed by atoms with Gasteiger partial charge >= 0.3 is 0 Å². The number of hydrogen-bond acceptors (Lipinski definition) is 2. The van der Waals surface area contributed by atoms with Crippen molar-refractivity contribution in [2.75, 3.05) is 13.6 Å². The summed E-state index contributed by atoms with van der Waals surface area (Å²) in [6.07, 6.45) is 10.2. The van der Waals surface area contributed by atoms with Gasteiger partial charge in [-0.05, 0) is 19.9 Å². The van der Waals surface area contributed by atoms with Crippen LogP contribution in [0.15, 0.2) is 59.8 Å². The largest absolute Gasteiger partial charge is 0.373 e. The lowest BCUT2D eigenvalue weighted by atomic mass is 10.1. The second-order valence-corrected chi connectivity index (χ2v) is 4.78. The first-order valence-electron chi connectivity index (χ1n) is 6.55. The Morgan fingerprint density at radius 3 is 2.58 bits per heavy atom. The van der Waals surface area contributed by atoms with E-state index in [4.69, 9.17) is 4.99 Å². The van der Waals surface area contributed by atoms with Crippen molar-refractivity contribution in [3.8, 4) is 0 Å². The maximum absolute atomic E-state index is 4.72. The molecule has 0 bridgehead atoms. The molecule has 0 saturated heterocycles. The van der Waals surface area contributed by atoms with Crippen LogP contribution in [0.4, 0.5) is 0 Å². The minimum absolute atomic E-state index is 0.851. The van der Waals surface area contributed by atoms with Crippen LogP contribution < -0.4 is 0 Å². The van der Waals surface area contributed by atoms with E-state index in [1.54, 1.807) is 0 Å². The molecule has 2 heteroatoms. The van der Waals surface area contributed by atoms with Crippen molar-refractivity contribution in [1.29, 1.82) is 0 Å². The molecule has 0 spiro atoms. The van der Waals surface area contributed by atoms with E-state index in [0.29, 0.717) is 0 Å². The second-order valence-electron chi connectivity index (χ2n) is 4.78. The van der Waals surface area contributed by atoms with Gasteiger partial charge in [-0.15, -0.1) is 0 Å². The second kappa shape index (κ2) is 6.19. The van der Waals surface area contributed by atoms with E-state index in [0.717, 1.165) is 23.5 Å². The van der Waals surface area contributed by atoms with Gasteiger partial charge in [-0.3, -0.25) is 0 Å². The lowest BCUT2D eigenvalue weighted by Gasteiger charge is -2.21. The molecule has 1 heterocycles. The molecule has 1 aliphatic heterocycles. The van der Waals surface area contributed by atoms with Crippen LogP contribution in [0, 0.1) is 6.92 Å². The van der Waals surface area contributed by atoms with Gasteiger partial charge in [0.25, 0.3) is 0 Å². The Bertz CT molecular complexity index is 545. The molecule has 2 rings (SSSR count). The van der Waals surface area contributed by atoms with Crippen LogP contribution in [0.5, 0.6) is 0 Å². The Morgan fingerprint density at radius 1 is 1.16 bits per heavy atom. The van der Waals surface area contributed by atoms with Crippen molar-refractivity contribution >= 4 is 11.4 Å². The van der Waals surface area contributed by atoms with Crippen LogP contribution in [0.25, 0.3) is 5.70 Å². The topological polar surface area (TPSA) is 15.6 Å².